The summed E-state index contributed by atoms with van der Waals surface area (Å²) in [6.07, 6.45) is 4.97. The predicted octanol–water partition coefficient (Wildman–Crippen LogP) is 2.76. The number of hydrogen-bond acceptors (Lipinski definition) is 6. The van der Waals surface area contributed by atoms with Crippen LogP contribution < -0.4 is 9.80 Å². The number of esters is 1. The summed E-state index contributed by atoms with van der Waals surface area (Å²) in [5.41, 5.74) is 0.795. The molecular formula is C21H30N3O5+. The maximum absolute atomic E-state index is 12.5. The number of pyridine rings is 1. The van der Waals surface area contributed by atoms with Crippen LogP contribution in [0.5, 0.6) is 0 Å². The third-order valence-electron chi connectivity index (χ3n) is 5.89. The number of hydrogen-bond donors (Lipinski definition) is 3. The van der Waals surface area contributed by atoms with Crippen molar-refractivity contribution in [1.82, 2.24) is 14.8 Å². The second-order valence-electron chi connectivity index (χ2n) is 8.72. The minimum atomic E-state index is -1.06. The second kappa shape index (κ2) is 7.85. The molecule has 1 aromatic heterocycles. The molecule has 1 aliphatic heterocycles. The van der Waals surface area contributed by atoms with E-state index in [2.05, 4.69) is 10.3 Å². The number of aromatic nitrogens is 1. The molecule has 1 saturated carbocycles. The highest BCUT2D eigenvalue weighted by Gasteiger charge is 2.56. The van der Waals surface area contributed by atoms with Crippen molar-refractivity contribution in [3.05, 3.63) is 29.6 Å². The van der Waals surface area contributed by atoms with Gasteiger partial charge in [0.15, 0.2) is 0 Å². The molecule has 1 aliphatic carbocycles. The zero-order chi connectivity index (χ0) is 21.4. The third kappa shape index (κ3) is 3.68. The van der Waals surface area contributed by atoms with Gasteiger partial charge >= 0.3 is 12.1 Å². The number of nitrogens with zero attached hydrogens (tertiary/aromatic N) is 2. The van der Waals surface area contributed by atoms with Gasteiger partial charge in [-0.2, -0.15) is 4.79 Å². The first-order valence-electron chi connectivity index (χ1n) is 9.94. The second-order valence-corrected chi connectivity index (χ2v) is 8.72. The van der Waals surface area contributed by atoms with E-state index in [-0.39, 0.29) is 12.6 Å². The standard InChI is InChI=1S/C21H29N3O5/c1-21(2,3)24(20(27)28)12-14(11-23-16(8-10-25)13-5-6-13)17-15(19(26)29-4)7-9-22-18(17)24/h7,9,12-13,16,23,25H,5-6,8,10-11H2,1-4H3/p+1. The number of carbonyl (C=O) groups is 2. The fourth-order valence-corrected chi connectivity index (χ4v) is 4.14. The summed E-state index contributed by atoms with van der Waals surface area (Å²) in [7, 11) is 1.30. The van der Waals surface area contributed by atoms with Crippen molar-refractivity contribution in [3.63, 3.8) is 0 Å². The number of ether oxygens (including phenoxy) is 1. The van der Waals surface area contributed by atoms with Gasteiger partial charge in [0.05, 0.1) is 18.2 Å². The number of amides is 1. The third-order valence-corrected chi connectivity index (χ3v) is 5.89. The zero-order valence-corrected chi connectivity index (χ0v) is 17.4. The van der Waals surface area contributed by atoms with Gasteiger partial charge in [-0.15, -0.1) is 4.48 Å². The monoisotopic (exact) mass is 404 g/mol. The van der Waals surface area contributed by atoms with Gasteiger partial charge in [0.25, 0.3) is 5.82 Å². The highest BCUT2D eigenvalue weighted by Crippen LogP contribution is 2.46. The van der Waals surface area contributed by atoms with E-state index in [0.717, 1.165) is 12.8 Å². The lowest BCUT2D eigenvalue weighted by Crippen LogP contribution is -2.60. The number of quaternary nitrogens is 1. The summed E-state index contributed by atoms with van der Waals surface area (Å²) in [6, 6.07) is 1.72. The number of aliphatic hydroxyl groups excluding tert-OH is 1. The Morgan fingerprint density at radius 3 is 2.59 bits per heavy atom. The van der Waals surface area contributed by atoms with Crippen LogP contribution in [0.1, 0.15) is 56.0 Å². The normalized spacial score (nSPS) is 22.0. The first kappa shape index (κ1) is 21.4. The van der Waals surface area contributed by atoms with Gasteiger partial charge < -0.3 is 20.3 Å². The topological polar surface area (TPSA) is 109 Å². The van der Waals surface area contributed by atoms with Gasteiger partial charge in [0.2, 0.25) is 0 Å². The summed E-state index contributed by atoms with van der Waals surface area (Å²) >= 11 is 0. The first-order valence-corrected chi connectivity index (χ1v) is 9.94. The van der Waals surface area contributed by atoms with Crippen molar-refractivity contribution in [2.45, 2.75) is 51.6 Å². The molecule has 0 spiro atoms. The number of carbonyl (C=O) groups excluding carboxylic acids is 1. The van der Waals surface area contributed by atoms with Crippen LogP contribution in [-0.4, -0.2) is 59.1 Å². The van der Waals surface area contributed by atoms with Crippen LogP contribution in [0.3, 0.4) is 0 Å². The van der Waals surface area contributed by atoms with E-state index in [4.69, 9.17) is 4.74 Å². The lowest BCUT2D eigenvalue weighted by molar-refractivity contribution is 0.0599. The molecule has 2 unspecified atom stereocenters. The maximum atomic E-state index is 12.5. The number of carboxylic acid groups (broad SMARTS) is 1. The average Bonchev–Trinajstić information content (AvgIpc) is 3.44. The van der Waals surface area contributed by atoms with Gasteiger partial charge in [-0.1, -0.05) is 0 Å². The van der Waals surface area contributed by atoms with E-state index in [1.807, 2.05) is 20.8 Å². The Labute approximate surface area is 170 Å². The molecule has 0 aromatic carbocycles. The van der Waals surface area contributed by atoms with Gasteiger partial charge in [-0.3, -0.25) is 0 Å². The van der Waals surface area contributed by atoms with Crippen LogP contribution in [0, 0.1) is 5.92 Å². The van der Waals surface area contributed by atoms with E-state index in [0.29, 0.717) is 41.4 Å². The number of fused-ring (bicyclic) bond motifs is 1. The molecule has 2 heterocycles. The molecule has 29 heavy (non-hydrogen) atoms. The Balaban J connectivity index is 2.09. The minimum Gasteiger partial charge on any atom is -0.465 e. The van der Waals surface area contributed by atoms with Crippen LogP contribution in [0.25, 0.3) is 5.57 Å². The zero-order valence-electron chi connectivity index (χ0n) is 17.4. The molecule has 1 aromatic rings. The van der Waals surface area contributed by atoms with Crippen LogP contribution in [0.4, 0.5) is 10.6 Å². The van der Waals surface area contributed by atoms with Gasteiger partial charge in [0.1, 0.15) is 11.7 Å². The average molecular weight is 404 g/mol. The molecule has 1 fully saturated rings. The molecule has 0 saturated heterocycles. The summed E-state index contributed by atoms with van der Waals surface area (Å²) < 4.78 is 4.43. The Morgan fingerprint density at radius 1 is 1.38 bits per heavy atom. The van der Waals surface area contributed by atoms with E-state index >= 15 is 0 Å². The fraction of sp³-hybridized carbons (Fsp3) is 0.571. The quantitative estimate of drug-likeness (QED) is 0.474. The molecule has 158 valence electrons. The molecule has 2 atom stereocenters. The summed E-state index contributed by atoms with van der Waals surface area (Å²) in [6.45, 7) is 5.98. The molecular weight excluding hydrogens is 374 g/mol. The molecule has 8 heteroatoms. The fourth-order valence-electron chi connectivity index (χ4n) is 4.14. The van der Waals surface area contributed by atoms with E-state index in [1.54, 1.807) is 12.3 Å². The molecule has 2 aliphatic rings. The van der Waals surface area contributed by atoms with Crippen molar-refractivity contribution < 1.29 is 24.5 Å². The van der Waals surface area contributed by atoms with Crippen molar-refractivity contribution in [2.24, 2.45) is 5.92 Å². The van der Waals surface area contributed by atoms with Crippen molar-refractivity contribution in [1.29, 1.82) is 0 Å². The molecule has 0 radical (unpaired) electrons. The molecule has 8 nitrogen and oxygen atoms in total. The Bertz CT molecular complexity index is 841. The minimum absolute atomic E-state index is 0.0931. The Hall–Kier alpha value is -2.29. The molecule has 1 amide bonds. The number of aliphatic hydroxyl groups is 1. The van der Waals surface area contributed by atoms with E-state index in [9.17, 15) is 19.8 Å². The van der Waals surface area contributed by atoms with Crippen LogP contribution in [-0.2, 0) is 4.74 Å². The van der Waals surface area contributed by atoms with Crippen molar-refractivity contribution >= 4 is 23.5 Å². The molecule has 0 bridgehead atoms. The van der Waals surface area contributed by atoms with Gasteiger partial charge in [0, 0.05) is 31.0 Å². The first-order chi connectivity index (χ1) is 13.7. The Kier molecular flexibility index (Phi) is 5.80. The van der Waals surface area contributed by atoms with Crippen molar-refractivity contribution in [3.8, 4) is 0 Å². The number of methoxy groups -OCH3 is 1. The summed E-state index contributed by atoms with van der Waals surface area (Å²) in [5, 5.41) is 23.1. The van der Waals surface area contributed by atoms with Crippen LogP contribution in [0.2, 0.25) is 0 Å². The largest absolute Gasteiger partial charge is 0.525 e. The van der Waals surface area contributed by atoms with Crippen LogP contribution in [0.15, 0.2) is 18.5 Å². The van der Waals surface area contributed by atoms with Crippen molar-refractivity contribution in [2.75, 3.05) is 20.3 Å². The van der Waals surface area contributed by atoms with E-state index in [1.165, 1.54) is 13.3 Å². The maximum Gasteiger partial charge on any atom is 0.525 e. The smallest absolute Gasteiger partial charge is 0.465 e. The Morgan fingerprint density at radius 2 is 2.07 bits per heavy atom. The number of rotatable bonds is 7. The molecule has 3 N–H and O–H groups in total. The molecule has 3 rings (SSSR count). The van der Waals surface area contributed by atoms with E-state index < -0.39 is 22.1 Å². The van der Waals surface area contributed by atoms with Gasteiger partial charge in [-0.05, 0) is 52.0 Å². The van der Waals surface area contributed by atoms with Crippen LogP contribution >= 0.6 is 0 Å². The van der Waals surface area contributed by atoms with Gasteiger partial charge in [-0.25, -0.2) is 9.78 Å². The lowest BCUT2D eigenvalue weighted by atomic mass is 10.0. The highest BCUT2D eigenvalue weighted by atomic mass is 16.5. The number of nitrogens with one attached hydrogen (secondary N) is 1. The lowest BCUT2D eigenvalue weighted by Gasteiger charge is -2.37. The predicted molar refractivity (Wildman–Crippen MR) is 109 cm³/mol. The summed E-state index contributed by atoms with van der Waals surface area (Å²) in [5.74, 6) is 0.316. The highest BCUT2D eigenvalue weighted by molar-refractivity contribution is 6.03. The SMILES string of the molecule is COC(=O)c1ccnc2c1C(CNC(CCO)C1CC1)=C[N+]2(C(=O)O)C(C)(C)C. The summed E-state index contributed by atoms with van der Waals surface area (Å²) in [4.78, 5) is 29.3.